The van der Waals surface area contributed by atoms with Gasteiger partial charge in [-0.3, -0.25) is 9.59 Å². The highest BCUT2D eigenvalue weighted by molar-refractivity contribution is 7.21. The van der Waals surface area contributed by atoms with Crippen LogP contribution in [0.3, 0.4) is 0 Å². The monoisotopic (exact) mass is 463 g/mol. The van der Waals surface area contributed by atoms with Gasteiger partial charge in [0.15, 0.2) is 0 Å². The van der Waals surface area contributed by atoms with Crippen molar-refractivity contribution in [1.29, 1.82) is 0 Å². The largest absolute Gasteiger partial charge is 0.347 e. The van der Waals surface area contributed by atoms with Crippen molar-refractivity contribution in [3.63, 3.8) is 0 Å². The predicted octanol–water partition coefficient (Wildman–Crippen LogP) is 6.06. The molecule has 0 bridgehead atoms. The maximum absolute atomic E-state index is 13.1. The maximum atomic E-state index is 13.1. The minimum Gasteiger partial charge on any atom is -0.347 e. The molecule has 2 N–H and O–H groups in total. The first kappa shape index (κ1) is 22.0. The van der Waals surface area contributed by atoms with Crippen molar-refractivity contribution in [2.45, 2.75) is 27.3 Å². The van der Waals surface area contributed by atoms with Crippen LogP contribution in [0.15, 0.2) is 54.6 Å². The molecule has 4 rings (SSSR count). The number of fused-ring (bicyclic) bond motifs is 1. The third-order valence-corrected chi connectivity index (χ3v) is 6.41. The summed E-state index contributed by atoms with van der Waals surface area (Å²) in [5, 5.41) is 7.35. The Morgan fingerprint density at radius 1 is 1.00 bits per heavy atom. The zero-order valence-electron chi connectivity index (χ0n) is 18.0. The number of nitrogens with one attached hydrogen (secondary N) is 2. The van der Waals surface area contributed by atoms with Gasteiger partial charge in [-0.05, 0) is 62.2 Å². The number of hydrogen-bond acceptors (Lipinski definition) is 4. The lowest BCUT2D eigenvalue weighted by Gasteiger charge is -2.10. The first-order chi connectivity index (χ1) is 15.3. The molecule has 2 aromatic carbocycles. The van der Waals surface area contributed by atoms with Crippen LogP contribution in [0.1, 0.15) is 42.4 Å². The predicted molar refractivity (Wildman–Crippen MR) is 131 cm³/mol. The number of anilines is 1. The molecule has 32 heavy (non-hydrogen) atoms. The van der Waals surface area contributed by atoms with Gasteiger partial charge in [-0.2, -0.15) is 0 Å². The normalized spacial score (nSPS) is 10.9. The second-order valence-electron chi connectivity index (χ2n) is 7.70. The van der Waals surface area contributed by atoms with Crippen molar-refractivity contribution in [3.05, 3.63) is 92.4 Å². The summed E-state index contributed by atoms with van der Waals surface area (Å²) in [5.74, 6) is -0.528. The quantitative estimate of drug-likeness (QED) is 0.378. The molecule has 162 valence electrons. The van der Waals surface area contributed by atoms with Gasteiger partial charge in [0.2, 0.25) is 0 Å². The van der Waals surface area contributed by atoms with Gasteiger partial charge in [-0.1, -0.05) is 41.4 Å². The van der Waals surface area contributed by atoms with Gasteiger partial charge in [0.1, 0.15) is 9.71 Å². The van der Waals surface area contributed by atoms with Crippen molar-refractivity contribution >= 4 is 50.7 Å². The van der Waals surface area contributed by atoms with Gasteiger partial charge < -0.3 is 10.6 Å². The summed E-state index contributed by atoms with van der Waals surface area (Å²) in [6.07, 6.45) is 0. The number of hydrogen-bond donors (Lipinski definition) is 2. The Morgan fingerprint density at radius 2 is 1.75 bits per heavy atom. The topological polar surface area (TPSA) is 71.1 Å². The molecule has 0 aliphatic heterocycles. The lowest BCUT2D eigenvalue weighted by Crippen LogP contribution is -2.23. The first-order valence-corrected chi connectivity index (χ1v) is 11.3. The van der Waals surface area contributed by atoms with Gasteiger partial charge in [-0.15, -0.1) is 11.3 Å². The summed E-state index contributed by atoms with van der Waals surface area (Å²) in [5.41, 5.74) is 4.77. The summed E-state index contributed by atoms with van der Waals surface area (Å²) in [6, 6.07) is 16.6. The van der Waals surface area contributed by atoms with Crippen LogP contribution in [0.2, 0.25) is 5.02 Å². The summed E-state index contributed by atoms with van der Waals surface area (Å²) in [6.45, 7) is 6.16. The molecular formula is C25H22ClN3O2S. The van der Waals surface area contributed by atoms with E-state index < -0.39 is 0 Å². The van der Waals surface area contributed by atoms with Crippen LogP contribution >= 0.6 is 22.9 Å². The highest BCUT2D eigenvalue weighted by atomic mass is 35.5. The molecule has 0 atom stereocenters. The molecule has 0 fully saturated rings. The zero-order valence-corrected chi connectivity index (χ0v) is 19.5. The summed E-state index contributed by atoms with van der Waals surface area (Å²) in [4.78, 5) is 31.9. The number of carbonyl (C=O) groups excluding carboxylic acids is 2. The number of rotatable bonds is 5. The van der Waals surface area contributed by atoms with Gasteiger partial charge in [0.25, 0.3) is 11.8 Å². The molecule has 0 saturated heterocycles. The fourth-order valence-corrected chi connectivity index (χ4v) is 4.85. The van der Waals surface area contributed by atoms with Crippen molar-refractivity contribution < 1.29 is 9.59 Å². The lowest BCUT2D eigenvalue weighted by atomic mass is 10.1. The van der Waals surface area contributed by atoms with E-state index >= 15 is 0 Å². The van der Waals surface area contributed by atoms with E-state index in [4.69, 9.17) is 11.6 Å². The Bertz CT molecular complexity index is 1330. The van der Waals surface area contributed by atoms with Crippen molar-refractivity contribution in [2.75, 3.05) is 5.32 Å². The van der Waals surface area contributed by atoms with E-state index in [0.717, 1.165) is 32.6 Å². The second kappa shape index (κ2) is 9.10. The highest BCUT2D eigenvalue weighted by Gasteiger charge is 2.23. The Labute approximate surface area is 195 Å². The van der Waals surface area contributed by atoms with Crippen molar-refractivity contribution in [1.82, 2.24) is 10.3 Å². The zero-order chi connectivity index (χ0) is 22.8. The van der Waals surface area contributed by atoms with Crippen LogP contribution in [0.25, 0.3) is 10.2 Å². The number of thiophene rings is 1. The van der Waals surface area contributed by atoms with E-state index in [1.54, 1.807) is 18.2 Å². The Hall–Kier alpha value is -3.22. The molecule has 4 aromatic rings. The molecule has 2 amide bonds. The number of benzene rings is 2. The van der Waals surface area contributed by atoms with Crippen LogP contribution < -0.4 is 10.6 Å². The van der Waals surface area contributed by atoms with Gasteiger partial charge >= 0.3 is 0 Å². The number of carbonyl (C=O) groups is 2. The lowest BCUT2D eigenvalue weighted by molar-refractivity contribution is 0.0956. The summed E-state index contributed by atoms with van der Waals surface area (Å²) < 4.78 is 0. The fraction of sp³-hybridized carbons (Fsp3) is 0.160. The molecule has 0 saturated carbocycles. The number of aryl methyl sites for hydroxylation is 3. The molecule has 2 aromatic heterocycles. The Kier molecular flexibility index (Phi) is 6.26. The average Bonchev–Trinajstić information content (AvgIpc) is 3.11. The van der Waals surface area contributed by atoms with E-state index in [2.05, 4.69) is 15.6 Å². The first-order valence-electron chi connectivity index (χ1n) is 10.1. The van der Waals surface area contributed by atoms with Gasteiger partial charge in [0.05, 0.1) is 5.69 Å². The van der Waals surface area contributed by atoms with Crippen LogP contribution in [0.5, 0.6) is 0 Å². The molecule has 0 aliphatic rings. The van der Waals surface area contributed by atoms with Crippen molar-refractivity contribution in [2.24, 2.45) is 0 Å². The van der Waals surface area contributed by atoms with Crippen LogP contribution in [0.4, 0.5) is 5.69 Å². The van der Waals surface area contributed by atoms with E-state index in [1.165, 1.54) is 11.3 Å². The molecule has 0 unspecified atom stereocenters. The van der Waals surface area contributed by atoms with Crippen LogP contribution in [-0.2, 0) is 6.54 Å². The maximum Gasteiger partial charge on any atom is 0.263 e. The number of amides is 2. The standard InChI is InChI=1S/C25H22ClN3O2S/c1-14-5-4-6-18(11-14)23(30)29-21-20-15(2)12-16(3)28-25(20)32-22(21)24(31)27-13-17-7-9-19(26)10-8-17/h4-12H,13H2,1-3H3,(H,27,31)(H,29,30). The van der Waals surface area contributed by atoms with E-state index in [9.17, 15) is 9.59 Å². The second-order valence-corrected chi connectivity index (χ2v) is 9.14. The number of pyridine rings is 1. The number of nitrogens with zero attached hydrogens (tertiary/aromatic N) is 1. The molecular weight excluding hydrogens is 442 g/mol. The minimum atomic E-state index is -0.264. The van der Waals surface area contributed by atoms with Crippen LogP contribution in [-0.4, -0.2) is 16.8 Å². The fourth-order valence-electron chi connectivity index (χ4n) is 3.56. The van der Waals surface area contributed by atoms with Gasteiger partial charge in [-0.25, -0.2) is 4.98 Å². The SMILES string of the molecule is Cc1cccc(C(=O)Nc2c(C(=O)NCc3ccc(Cl)cc3)sc3nc(C)cc(C)c23)c1. The third-order valence-electron chi connectivity index (χ3n) is 5.08. The summed E-state index contributed by atoms with van der Waals surface area (Å²) in [7, 11) is 0. The minimum absolute atomic E-state index is 0.264. The molecule has 0 radical (unpaired) electrons. The smallest absolute Gasteiger partial charge is 0.263 e. The molecule has 0 spiro atoms. The van der Waals surface area contributed by atoms with Crippen LogP contribution in [0, 0.1) is 20.8 Å². The van der Waals surface area contributed by atoms with Crippen molar-refractivity contribution in [3.8, 4) is 0 Å². The van der Waals surface area contributed by atoms with E-state index in [0.29, 0.717) is 27.7 Å². The Balaban J connectivity index is 1.69. The molecule has 5 nitrogen and oxygen atoms in total. The highest BCUT2D eigenvalue weighted by Crippen LogP contribution is 2.37. The average molecular weight is 464 g/mol. The molecule has 2 heterocycles. The molecule has 0 aliphatic carbocycles. The third kappa shape index (κ3) is 4.66. The van der Waals surface area contributed by atoms with Gasteiger partial charge in [0, 0.05) is 28.2 Å². The van der Waals surface area contributed by atoms with E-state index in [1.807, 2.05) is 57.2 Å². The number of aromatic nitrogens is 1. The number of halogens is 1. The van der Waals surface area contributed by atoms with E-state index in [-0.39, 0.29) is 11.8 Å². The molecule has 7 heteroatoms. The Morgan fingerprint density at radius 3 is 2.47 bits per heavy atom. The summed E-state index contributed by atoms with van der Waals surface area (Å²) >= 11 is 7.22.